The maximum atomic E-state index is 10.9. The molecule has 1 rings (SSSR count). The van der Waals surface area contributed by atoms with E-state index in [1.165, 1.54) is 31.2 Å². The molecule has 0 saturated carbocycles. The van der Waals surface area contributed by atoms with Crippen LogP contribution in [0.4, 0.5) is 5.69 Å². The molecule has 0 aromatic heterocycles. The maximum absolute atomic E-state index is 10.9. The molecule has 0 aliphatic carbocycles. The fourth-order valence-corrected chi connectivity index (χ4v) is 1.06. The number of benzene rings is 1. The summed E-state index contributed by atoms with van der Waals surface area (Å²) in [5.74, 6) is -1.22. The van der Waals surface area contributed by atoms with Crippen molar-refractivity contribution in [2.45, 2.75) is 6.92 Å². The van der Waals surface area contributed by atoms with E-state index in [1.807, 2.05) is 0 Å². The molecule has 0 aliphatic heterocycles. The van der Waals surface area contributed by atoms with E-state index >= 15 is 0 Å². The van der Waals surface area contributed by atoms with Crippen LogP contribution in [0.15, 0.2) is 24.3 Å². The molecule has 1 aromatic carbocycles. The molecule has 0 atom stereocenters. The first-order valence-corrected chi connectivity index (χ1v) is 4.25. The topological polar surface area (TPSA) is 92.6 Å². The summed E-state index contributed by atoms with van der Waals surface area (Å²) >= 11 is 3.94. The Bertz CT molecular complexity index is 364. The lowest BCUT2D eigenvalue weighted by Crippen LogP contribution is -2.16. The molecule has 0 saturated heterocycles. The van der Waals surface area contributed by atoms with Crippen LogP contribution in [0.2, 0.25) is 0 Å². The van der Waals surface area contributed by atoms with Gasteiger partial charge in [-0.25, -0.2) is 4.79 Å². The first-order valence-electron chi connectivity index (χ1n) is 3.85. The van der Waals surface area contributed by atoms with Crippen molar-refractivity contribution in [1.29, 1.82) is 0 Å². The van der Waals surface area contributed by atoms with Gasteiger partial charge in [0.2, 0.25) is 5.91 Å². The minimum absolute atomic E-state index is 0. The fraction of sp³-hybridized carbons (Fsp3) is 0.111. The SMILES string of the molecule is CC(=O)N(S)c1ccc(C(=O)O)cc1.N. The molecule has 0 spiro atoms. The van der Waals surface area contributed by atoms with Crippen LogP contribution in [0.1, 0.15) is 17.3 Å². The summed E-state index contributed by atoms with van der Waals surface area (Å²) in [6, 6.07) is 5.89. The smallest absolute Gasteiger partial charge is 0.335 e. The average Bonchev–Trinajstić information content (AvgIpc) is 2.16. The highest BCUT2D eigenvalue weighted by Gasteiger charge is 2.07. The molecule has 0 unspecified atom stereocenters. The van der Waals surface area contributed by atoms with Gasteiger partial charge in [0.1, 0.15) is 0 Å². The van der Waals surface area contributed by atoms with Crippen molar-refractivity contribution in [3.63, 3.8) is 0 Å². The Morgan fingerprint density at radius 2 is 1.73 bits per heavy atom. The summed E-state index contributed by atoms with van der Waals surface area (Å²) in [4.78, 5) is 21.4. The number of carboxylic acid groups (broad SMARTS) is 1. The van der Waals surface area contributed by atoms with E-state index in [0.29, 0.717) is 5.69 Å². The van der Waals surface area contributed by atoms with Crippen LogP contribution in [0, 0.1) is 0 Å². The van der Waals surface area contributed by atoms with Crippen molar-refractivity contribution >= 4 is 30.4 Å². The zero-order chi connectivity index (χ0) is 10.7. The summed E-state index contributed by atoms with van der Waals surface area (Å²) < 4.78 is 1.14. The Balaban J connectivity index is 0.00000196. The van der Waals surface area contributed by atoms with Gasteiger partial charge in [-0.1, -0.05) is 12.8 Å². The van der Waals surface area contributed by atoms with Gasteiger partial charge in [0.15, 0.2) is 0 Å². The second kappa shape index (κ2) is 5.38. The number of aromatic carboxylic acids is 1. The van der Waals surface area contributed by atoms with Crippen LogP contribution in [0.25, 0.3) is 0 Å². The quantitative estimate of drug-likeness (QED) is 0.672. The third kappa shape index (κ3) is 3.26. The Morgan fingerprint density at radius 1 is 1.27 bits per heavy atom. The molecule has 0 aliphatic rings. The van der Waals surface area contributed by atoms with E-state index in [4.69, 9.17) is 5.11 Å². The summed E-state index contributed by atoms with van der Waals surface area (Å²) in [5.41, 5.74) is 0.727. The van der Waals surface area contributed by atoms with Crippen molar-refractivity contribution < 1.29 is 14.7 Å². The predicted octanol–water partition coefficient (Wildman–Crippen LogP) is 1.74. The molecule has 82 valence electrons. The van der Waals surface area contributed by atoms with E-state index in [9.17, 15) is 9.59 Å². The number of rotatable bonds is 2. The molecule has 15 heavy (non-hydrogen) atoms. The monoisotopic (exact) mass is 228 g/mol. The van der Waals surface area contributed by atoms with E-state index in [1.54, 1.807) is 0 Å². The van der Waals surface area contributed by atoms with Gasteiger partial charge in [0, 0.05) is 6.92 Å². The second-order valence-electron chi connectivity index (χ2n) is 2.68. The number of carboxylic acids is 1. The summed E-state index contributed by atoms with van der Waals surface area (Å²) in [6.45, 7) is 1.37. The van der Waals surface area contributed by atoms with Crippen LogP contribution in [-0.4, -0.2) is 17.0 Å². The number of nitrogens with zero attached hydrogens (tertiary/aromatic N) is 1. The molecule has 0 bridgehead atoms. The van der Waals surface area contributed by atoms with Crippen LogP contribution >= 0.6 is 12.8 Å². The highest BCUT2D eigenvalue weighted by molar-refractivity contribution is 7.82. The van der Waals surface area contributed by atoms with Gasteiger partial charge in [-0.15, -0.1) is 0 Å². The highest BCUT2D eigenvalue weighted by atomic mass is 32.1. The number of carbonyl (C=O) groups is 2. The largest absolute Gasteiger partial charge is 0.478 e. The second-order valence-corrected chi connectivity index (χ2v) is 3.08. The van der Waals surface area contributed by atoms with Crippen molar-refractivity contribution in [3.05, 3.63) is 29.8 Å². The van der Waals surface area contributed by atoms with Gasteiger partial charge in [0.25, 0.3) is 0 Å². The predicted molar refractivity (Wildman–Crippen MR) is 60.6 cm³/mol. The zero-order valence-corrected chi connectivity index (χ0v) is 9.07. The minimum atomic E-state index is -0.995. The molecule has 5 nitrogen and oxygen atoms in total. The third-order valence-electron chi connectivity index (χ3n) is 1.66. The number of amides is 1. The molecule has 6 heteroatoms. The van der Waals surface area contributed by atoms with Crippen LogP contribution < -0.4 is 10.5 Å². The summed E-state index contributed by atoms with van der Waals surface area (Å²) in [5, 5.41) is 8.62. The van der Waals surface area contributed by atoms with E-state index in [-0.39, 0.29) is 17.6 Å². The molecular weight excluding hydrogens is 216 g/mol. The van der Waals surface area contributed by atoms with Crippen molar-refractivity contribution in [2.24, 2.45) is 0 Å². The van der Waals surface area contributed by atoms with E-state index in [2.05, 4.69) is 12.8 Å². The van der Waals surface area contributed by atoms with Gasteiger partial charge in [-0.05, 0) is 24.3 Å². The molecule has 0 fully saturated rings. The van der Waals surface area contributed by atoms with Gasteiger partial charge in [-0.3, -0.25) is 9.10 Å². The summed E-state index contributed by atoms with van der Waals surface area (Å²) in [6.07, 6.45) is 0. The van der Waals surface area contributed by atoms with Gasteiger partial charge < -0.3 is 11.3 Å². The number of hydrogen-bond donors (Lipinski definition) is 3. The Kier molecular flexibility index (Phi) is 4.83. The molecule has 0 radical (unpaired) electrons. The van der Waals surface area contributed by atoms with E-state index in [0.717, 1.165) is 4.31 Å². The first-order chi connectivity index (χ1) is 6.52. The normalized spacial score (nSPS) is 8.93. The molecular formula is C9H12N2O3S. The zero-order valence-electron chi connectivity index (χ0n) is 8.17. The third-order valence-corrected chi connectivity index (χ3v) is 2.17. The number of anilines is 1. The lowest BCUT2D eigenvalue weighted by Gasteiger charge is -2.12. The van der Waals surface area contributed by atoms with Crippen LogP contribution in [-0.2, 0) is 4.79 Å². The molecule has 1 aromatic rings. The lowest BCUT2D eigenvalue weighted by atomic mass is 10.2. The average molecular weight is 228 g/mol. The van der Waals surface area contributed by atoms with Gasteiger partial charge in [-0.2, -0.15) is 0 Å². The highest BCUT2D eigenvalue weighted by Crippen LogP contribution is 2.17. The number of thiol groups is 1. The van der Waals surface area contributed by atoms with E-state index < -0.39 is 5.97 Å². The van der Waals surface area contributed by atoms with Crippen molar-refractivity contribution in [1.82, 2.24) is 6.15 Å². The van der Waals surface area contributed by atoms with Crippen molar-refractivity contribution in [3.8, 4) is 0 Å². The Hall–Kier alpha value is -1.53. The maximum Gasteiger partial charge on any atom is 0.335 e. The van der Waals surface area contributed by atoms with Crippen LogP contribution in [0.3, 0.4) is 0 Å². The lowest BCUT2D eigenvalue weighted by molar-refractivity contribution is -0.115. The van der Waals surface area contributed by atoms with Crippen LogP contribution in [0.5, 0.6) is 0 Å². The first kappa shape index (κ1) is 13.5. The number of hydrogen-bond acceptors (Lipinski definition) is 4. The van der Waals surface area contributed by atoms with Gasteiger partial charge in [0.05, 0.1) is 11.3 Å². The standard InChI is InChI=1S/C9H9NO3S.H3N/c1-6(11)10(14)8-4-2-7(3-5-8)9(12)13;/h2-5,14H,1H3,(H,12,13);1H3. The molecule has 4 N–H and O–H groups in total. The Morgan fingerprint density at radius 3 is 2.07 bits per heavy atom. The van der Waals surface area contributed by atoms with Gasteiger partial charge >= 0.3 is 5.97 Å². The molecule has 1 amide bonds. The Labute approximate surface area is 92.8 Å². The molecule has 0 heterocycles. The summed E-state index contributed by atoms with van der Waals surface area (Å²) in [7, 11) is 0. The minimum Gasteiger partial charge on any atom is -0.478 e. The number of carbonyl (C=O) groups excluding carboxylic acids is 1. The fourth-order valence-electron chi connectivity index (χ4n) is 0.927. The van der Waals surface area contributed by atoms with Crippen molar-refractivity contribution in [2.75, 3.05) is 4.31 Å².